The van der Waals surface area contributed by atoms with Gasteiger partial charge in [0.2, 0.25) is 0 Å². The molecule has 4 aliphatic carbocycles. The first-order chi connectivity index (χ1) is 12.6. The van der Waals surface area contributed by atoms with E-state index in [2.05, 4.69) is 12.2 Å². The van der Waals surface area contributed by atoms with Gasteiger partial charge < -0.3 is 9.47 Å². The first-order valence-corrected chi connectivity index (χ1v) is 10.6. The first kappa shape index (κ1) is 18.1. The minimum absolute atomic E-state index is 0.117. The molecule has 0 aliphatic heterocycles. The van der Waals surface area contributed by atoms with Gasteiger partial charge in [-0.1, -0.05) is 31.4 Å². The minimum Gasteiger partial charge on any atom is -0.469 e. The molecule has 0 spiro atoms. The average Bonchev–Trinajstić information content (AvgIpc) is 3.40. The monoisotopic (exact) mass is 360 g/mol. The number of rotatable bonds is 5. The Balaban J connectivity index is 1.59. The Labute approximate surface area is 156 Å². The van der Waals surface area contributed by atoms with E-state index in [0.29, 0.717) is 11.8 Å². The normalized spacial score (nSPS) is 35.6. The Morgan fingerprint density at radius 2 is 1.77 bits per heavy atom. The maximum absolute atomic E-state index is 13.6. The van der Waals surface area contributed by atoms with Gasteiger partial charge in [-0.15, -0.1) is 0 Å². The molecule has 0 N–H and O–H groups in total. The topological polar surface area (TPSA) is 52.6 Å². The maximum atomic E-state index is 13.6. The van der Waals surface area contributed by atoms with Crippen LogP contribution in [0, 0.1) is 23.2 Å². The molecular formula is C22H32O4. The molecule has 0 radical (unpaired) electrons. The molecule has 144 valence electrons. The summed E-state index contributed by atoms with van der Waals surface area (Å²) in [4.78, 5) is 25.7. The molecule has 4 rings (SSSR count). The molecule has 2 bridgehead atoms. The minimum atomic E-state index is -0.699. The number of ether oxygens (including phenoxy) is 2. The number of hydrogen-bond donors (Lipinski definition) is 0. The van der Waals surface area contributed by atoms with Crippen molar-refractivity contribution in [1.29, 1.82) is 0 Å². The summed E-state index contributed by atoms with van der Waals surface area (Å²) >= 11 is 0. The van der Waals surface area contributed by atoms with Crippen molar-refractivity contribution >= 4 is 11.9 Å². The fraction of sp³-hybridized carbons (Fsp3) is 0.818. The van der Waals surface area contributed by atoms with Crippen molar-refractivity contribution < 1.29 is 19.1 Å². The van der Waals surface area contributed by atoms with Crippen molar-refractivity contribution in [3.8, 4) is 0 Å². The highest BCUT2D eigenvalue weighted by molar-refractivity contribution is 5.85. The first-order valence-electron chi connectivity index (χ1n) is 10.6. The summed E-state index contributed by atoms with van der Waals surface area (Å²) in [5.74, 6) is 0.639. The smallest absolute Gasteiger partial charge is 0.313 e. The van der Waals surface area contributed by atoms with Crippen molar-refractivity contribution in [3.05, 3.63) is 12.2 Å². The SMILES string of the molecule is COC(=O)CC1(C(=O)OC2(C3CCCC3)CCCCC2)CC2C=CC1C2. The number of fused-ring (bicyclic) bond motifs is 2. The van der Waals surface area contributed by atoms with Crippen LogP contribution in [0.1, 0.15) is 77.0 Å². The molecular weight excluding hydrogens is 328 g/mol. The molecule has 0 aromatic carbocycles. The van der Waals surface area contributed by atoms with Crippen LogP contribution in [0.5, 0.6) is 0 Å². The zero-order valence-electron chi connectivity index (χ0n) is 16.0. The van der Waals surface area contributed by atoms with Crippen LogP contribution in [0.15, 0.2) is 12.2 Å². The van der Waals surface area contributed by atoms with Crippen LogP contribution in [-0.4, -0.2) is 24.6 Å². The molecule has 0 saturated heterocycles. The lowest BCUT2D eigenvalue weighted by molar-refractivity contribution is -0.188. The lowest BCUT2D eigenvalue weighted by Crippen LogP contribution is -2.49. The van der Waals surface area contributed by atoms with E-state index in [1.807, 2.05) is 0 Å². The Morgan fingerprint density at radius 3 is 2.35 bits per heavy atom. The number of allylic oxidation sites excluding steroid dienone is 2. The van der Waals surface area contributed by atoms with Crippen molar-refractivity contribution in [2.75, 3.05) is 7.11 Å². The lowest BCUT2D eigenvalue weighted by atomic mass is 9.71. The van der Waals surface area contributed by atoms with Crippen LogP contribution in [-0.2, 0) is 19.1 Å². The third-order valence-corrected chi connectivity index (χ3v) is 7.70. The summed E-state index contributed by atoms with van der Waals surface area (Å²) < 4.78 is 11.4. The van der Waals surface area contributed by atoms with Gasteiger partial charge in [0.05, 0.1) is 18.9 Å². The molecule has 4 heteroatoms. The Bertz CT molecular complexity index is 583. The third-order valence-electron chi connectivity index (χ3n) is 7.70. The number of methoxy groups -OCH3 is 1. The summed E-state index contributed by atoms with van der Waals surface area (Å²) in [6.07, 6.45) is 16.7. The number of hydrogen-bond acceptors (Lipinski definition) is 4. The largest absolute Gasteiger partial charge is 0.469 e. The van der Waals surface area contributed by atoms with E-state index in [-0.39, 0.29) is 29.9 Å². The molecule has 0 heterocycles. The fourth-order valence-corrected chi connectivity index (χ4v) is 6.28. The van der Waals surface area contributed by atoms with Crippen LogP contribution in [0.25, 0.3) is 0 Å². The lowest BCUT2D eigenvalue weighted by Gasteiger charge is -2.44. The average molecular weight is 360 g/mol. The second-order valence-electron chi connectivity index (χ2n) is 9.10. The molecule has 4 nitrogen and oxygen atoms in total. The van der Waals surface area contributed by atoms with Crippen molar-refractivity contribution in [2.45, 2.75) is 82.7 Å². The number of esters is 2. The van der Waals surface area contributed by atoms with E-state index < -0.39 is 5.41 Å². The second kappa shape index (κ2) is 7.01. The van der Waals surface area contributed by atoms with Crippen LogP contribution < -0.4 is 0 Å². The van der Waals surface area contributed by atoms with Gasteiger partial charge in [0, 0.05) is 0 Å². The highest BCUT2D eigenvalue weighted by Crippen LogP contribution is 2.56. The molecule has 3 atom stereocenters. The van der Waals surface area contributed by atoms with Gasteiger partial charge in [-0.2, -0.15) is 0 Å². The zero-order valence-corrected chi connectivity index (χ0v) is 16.0. The molecule has 3 saturated carbocycles. The quantitative estimate of drug-likeness (QED) is 0.532. The second-order valence-corrected chi connectivity index (χ2v) is 9.10. The van der Waals surface area contributed by atoms with Gasteiger partial charge in [0.1, 0.15) is 5.60 Å². The van der Waals surface area contributed by atoms with Gasteiger partial charge in [0.25, 0.3) is 0 Å². The number of carbonyl (C=O) groups excluding carboxylic acids is 2. The summed E-state index contributed by atoms with van der Waals surface area (Å²) in [7, 11) is 1.41. The maximum Gasteiger partial charge on any atom is 0.313 e. The fourth-order valence-electron chi connectivity index (χ4n) is 6.28. The van der Waals surface area contributed by atoms with Crippen LogP contribution in [0.3, 0.4) is 0 Å². The van der Waals surface area contributed by atoms with E-state index >= 15 is 0 Å². The molecule has 3 fully saturated rings. The molecule has 4 aliphatic rings. The Kier molecular flexibility index (Phi) is 4.87. The highest BCUT2D eigenvalue weighted by Gasteiger charge is 2.58. The van der Waals surface area contributed by atoms with E-state index in [1.165, 1.54) is 39.2 Å². The van der Waals surface area contributed by atoms with E-state index in [0.717, 1.165) is 38.5 Å². The van der Waals surface area contributed by atoms with Gasteiger partial charge in [-0.25, -0.2) is 0 Å². The van der Waals surface area contributed by atoms with Gasteiger partial charge in [-0.05, 0) is 69.1 Å². The summed E-state index contributed by atoms with van der Waals surface area (Å²) in [6, 6.07) is 0. The summed E-state index contributed by atoms with van der Waals surface area (Å²) in [5, 5.41) is 0. The van der Waals surface area contributed by atoms with Crippen LogP contribution >= 0.6 is 0 Å². The van der Waals surface area contributed by atoms with Crippen LogP contribution in [0.4, 0.5) is 0 Å². The molecule has 0 aromatic heterocycles. The molecule has 0 amide bonds. The molecule has 26 heavy (non-hydrogen) atoms. The van der Waals surface area contributed by atoms with Crippen molar-refractivity contribution in [1.82, 2.24) is 0 Å². The summed E-state index contributed by atoms with van der Waals surface area (Å²) in [6.45, 7) is 0. The zero-order chi connectivity index (χ0) is 18.2. The van der Waals surface area contributed by atoms with E-state index in [4.69, 9.17) is 9.47 Å². The van der Waals surface area contributed by atoms with Crippen molar-refractivity contribution in [3.63, 3.8) is 0 Å². The molecule has 3 unspecified atom stereocenters. The van der Waals surface area contributed by atoms with Crippen LogP contribution in [0.2, 0.25) is 0 Å². The number of carbonyl (C=O) groups is 2. The Hall–Kier alpha value is -1.32. The predicted molar refractivity (Wildman–Crippen MR) is 98.3 cm³/mol. The predicted octanol–water partition coefficient (Wildman–Crippen LogP) is 4.57. The Morgan fingerprint density at radius 1 is 1.04 bits per heavy atom. The third kappa shape index (κ3) is 2.99. The van der Waals surface area contributed by atoms with E-state index in [1.54, 1.807) is 0 Å². The highest BCUT2D eigenvalue weighted by atomic mass is 16.6. The standard InChI is InChI=1S/C22H32O4/c1-25-19(23)15-21(14-16-9-10-18(21)13-16)20(24)26-22(11-5-2-6-12-22)17-7-3-4-8-17/h9-10,16-18H,2-8,11-15H2,1H3. The van der Waals surface area contributed by atoms with E-state index in [9.17, 15) is 9.59 Å². The molecule has 0 aromatic rings. The van der Waals surface area contributed by atoms with Gasteiger partial charge in [-0.3, -0.25) is 9.59 Å². The van der Waals surface area contributed by atoms with Gasteiger partial charge >= 0.3 is 11.9 Å². The van der Waals surface area contributed by atoms with Gasteiger partial charge in [0.15, 0.2) is 0 Å². The summed E-state index contributed by atoms with van der Waals surface area (Å²) in [5.41, 5.74) is -0.976. The van der Waals surface area contributed by atoms with Crippen molar-refractivity contribution in [2.24, 2.45) is 23.2 Å².